The number of amides is 1. The average Bonchev–Trinajstić information content (AvgIpc) is 3.00. The second-order valence-electron chi connectivity index (χ2n) is 8.03. The van der Waals surface area contributed by atoms with Crippen LogP contribution < -0.4 is 5.32 Å². The van der Waals surface area contributed by atoms with Gasteiger partial charge in [-0.25, -0.2) is 4.79 Å². The van der Waals surface area contributed by atoms with Gasteiger partial charge in [0.15, 0.2) is 6.10 Å². The fraction of sp³-hybridized carbons (Fsp3) is 0.522. The maximum atomic E-state index is 13.1. The van der Waals surface area contributed by atoms with Crippen molar-refractivity contribution in [2.45, 2.75) is 76.9 Å². The van der Waals surface area contributed by atoms with Gasteiger partial charge in [0.1, 0.15) is 0 Å². The smallest absolute Gasteiger partial charge is 0.339 e. The molecule has 2 aliphatic rings. The third kappa shape index (κ3) is 3.89. The van der Waals surface area contributed by atoms with Gasteiger partial charge in [0.05, 0.1) is 11.1 Å². The summed E-state index contributed by atoms with van der Waals surface area (Å²) >= 11 is 0. The van der Waals surface area contributed by atoms with E-state index in [1.807, 2.05) is 24.3 Å². The van der Waals surface area contributed by atoms with E-state index in [1.165, 1.54) is 12.8 Å². The van der Waals surface area contributed by atoms with Crippen LogP contribution in [0.4, 0.5) is 0 Å². The highest BCUT2D eigenvalue weighted by molar-refractivity contribution is 6.06. The Morgan fingerprint density at radius 3 is 2.61 bits per heavy atom. The van der Waals surface area contributed by atoms with Gasteiger partial charge in [-0.3, -0.25) is 9.78 Å². The number of nitrogens with one attached hydrogen (secondary N) is 1. The molecule has 1 saturated carbocycles. The molecular formula is C23H28N2O3. The summed E-state index contributed by atoms with van der Waals surface area (Å²) in [6.45, 7) is 1.66. The Morgan fingerprint density at radius 2 is 1.82 bits per heavy atom. The minimum Gasteiger partial charge on any atom is -0.449 e. The van der Waals surface area contributed by atoms with Crippen LogP contribution in [0.3, 0.4) is 0 Å². The second-order valence-corrected chi connectivity index (χ2v) is 8.03. The molecule has 5 nitrogen and oxygen atoms in total. The number of esters is 1. The summed E-state index contributed by atoms with van der Waals surface area (Å²) in [5.74, 6) is -0.615. The third-order valence-electron chi connectivity index (χ3n) is 5.98. The molecule has 0 radical (unpaired) electrons. The first kappa shape index (κ1) is 18.9. The summed E-state index contributed by atoms with van der Waals surface area (Å²) in [6.07, 6.45) is 8.69. The number of para-hydroxylation sites is 1. The molecule has 148 valence electrons. The Balaban J connectivity index is 1.51. The predicted molar refractivity (Wildman–Crippen MR) is 108 cm³/mol. The van der Waals surface area contributed by atoms with E-state index in [4.69, 9.17) is 9.72 Å². The van der Waals surface area contributed by atoms with Crippen molar-refractivity contribution in [3.63, 3.8) is 0 Å². The van der Waals surface area contributed by atoms with Crippen molar-refractivity contribution in [3.05, 3.63) is 41.1 Å². The average molecular weight is 380 g/mol. The number of aromatic nitrogens is 1. The highest BCUT2D eigenvalue weighted by atomic mass is 16.5. The zero-order valence-electron chi connectivity index (χ0n) is 16.5. The van der Waals surface area contributed by atoms with E-state index >= 15 is 0 Å². The number of fused-ring (bicyclic) bond motifs is 2. The molecular weight excluding hydrogens is 352 g/mol. The summed E-state index contributed by atoms with van der Waals surface area (Å²) in [4.78, 5) is 30.3. The second kappa shape index (κ2) is 8.29. The first-order valence-corrected chi connectivity index (χ1v) is 10.6. The molecule has 1 N–H and O–H groups in total. The minimum absolute atomic E-state index is 0.196. The van der Waals surface area contributed by atoms with Crippen LogP contribution in [-0.4, -0.2) is 29.0 Å². The fourth-order valence-electron chi connectivity index (χ4n) is 4.46. The van der Waals surface area contributed by atoms with Crippen LogP contribution in [0.15, 0.2) is 24.3 Å². The van der Waals surface area contributed by atoms with Gasteiger partial charge in [-0.2, -0.15) is 0 Å². The van der Waals surface area contributed by atoms with E-state index in [1.54, 1.807) is 6.92 Å². The summed E-state index contributed by atoms with van der Waals surface area (Å²) in [6, 6.07) is 7.86. The Hall–Kier alpha value is -2.43. The van der Waals surface area contributed by atoms with Crippen LogP contribution in [0, 0.1) is 0 Å². The summed E-state index contributed by atoms with van der Waals surface area (Å²) in [5.41, 5.74) is 3.37. The van der Waals surface area contributed by atoms with Crippen LogP contribution in [0.1, 0.15) is 73.5 Å². The molecule has 0 spiro atoms. The maximum absolute atomic E-state index is 13.1. The van der Waals surface area contributed by atoms with Gasteiger partial charge in [0.25, 0.3) is 5.91 Å². The van der Waals surface area contributed by atoms with Gasteiger partial charge < -0.3 is 10.1 Å². The number of pyridine rings is 1. The molecule has 1 aromatic carbocycles. The molecule has 0 saturated heterocycles. The van der Waals surface area contributed by atoms with Crippen LogP contribution in [0.2, 0.25) is 0 Å². The number of carbonyl (C=O) groups excluding carboxylic acids is 2. The number of ether oxygens (including phenoxy) is 1. The number of nitrogens with zero attached hydrogens (tertiary/aromatic N) is 1. The zero-order valence-corrected chi connectivity index (χ0v) is 16.5. The summed E-state index contributed by atoms with van der Waals surface area (Å²) in [7, 11) is 0. The molecule has 1 aromatic heterocycles. The lowest BCUT2D eigenvalue weighted by molar-refractivity contribution is -0.129. The Morgan fingerprint density at radius 1 is 1.07 bits per heavy atom. The lowest BCUT2D eigenvalue weighted by Gasteiger charge is -2.20. The Bertz CT molecular complexity index is 885. The van der Waals surface area contributed by atoms with Crippen LogP contribution in [0.25, 0.3) is 10.9 Å². The third-order valence-corrected chi connectivity index (χ3v) is 5.98. The Kier molecular flexibility index (Phi) is 5.60. The van der Waals surface area contributed by atoms with Crippen molar-refractivity contribution in [2.75, 3.05) is 0 Å². The topological polar surface area (TPSA) is 68.3 Å². The Labute approximate surface area is 165 Å². The molecule has 0 bridgehead atoms. The van der Waals surface area contributed by atoms with E-state index < -0.39 is 12.1 Å². The molecule has 0 aliphatic heterocycles. The molecule has 2 aromatic rings. The molecule has 1 atom stereocenters. The minimum atomic E-state index is -0.806. The highest BCUT2D eigenvalue weighted by Crippen LogP contribution is 2.30. The molecule has 1 fully saturated rings. The molecule has 0 unspecified atom stereocenters. The number of hydrogen-bond donors (Lipinski definition) is 1. The predicted octanol–water partition coefficient (Wildman–Crippen LogP) is 4.11. The molecule has 4 rings (SSSR count). The van der Waals surface area contributed by atoms with Crippen molar-refractivity contribution in [1.29, 1.82) is 0 Å². The number of hydrogen-bond acceptors (Lipinski definition) is 4. The summed E-state index contributed by atoms with van der Waals surface area (Å²) < 4.78 is 5.63. The SMILES string of the molecule is C[C@@H](OC(=O)c1c2c(nc3ccccc13)CCC2)C(=O)NC1CCCCCC1. The lowest BCUT2D eigenvalue weighted by atomic mass is 10.0. The first-order chi connectivity index (χ1) is 13.6. The van der Waals surface area contributed by atoms with Gasteiger partial charge in [-0.15, -0.1) is 0 Å². The van der Waals surface area contributed by atoms with E-state index in [0.29, 0.717) is 5.56 Å². The van der Waals surface area contributed by atoms with E-state index in [2.05, 4.69) is 5.32 Å². The van der Waals surface area contributed by atoms with E-state index in [9.17, 15) is 9.59 Å². The van der Waals surface area contributed by atoms with Crippen molar-refractivity contribution in [3.8, 4) is 0 Å². The van der Waals surface area contributed by atoms with E-state index in [0.717, 1.165) is 67.1 Å². The normalized spacial score (nSPS) is 18.3. The van der Waals surface area contributed by atoms with Gasteiger partial charge in [-0.05, 0) is 50.7 Å². The molecule has 2 aliphatic carbocycles. The van der Waals surface area contributed by atoms with Crippen LogP contribution >= 0.6 is 0 Å². The van der Waals surface area contributed by atoms with Gasteiger partial charge >= 0.3 is 5.97 Å². The molecule has 1 heterocycles. The molecule has 1 amide bonds. The van der Waals surface area contributed by atoms with Gasteiger partial charge in [0.2, 0.25) is 0 Å². The van der Waals surface area contributed by atoms with Crippen molar-refractivity contribution >= 4 is 22.8 Å². The number of benzene rings is 1. The molecule has 5 heteroatoms. The number of aryl methyl sites for hydroxylation is 1. The van der Waals surface area contributed by atoms with E-state index in [-0.39, 0.29) is 11.9 Å². The maximum Gasteiger partial charge on any atom is 0.339 e. The van der Waals surface area contributed by atoms with Crippen molar-refractivity contribution in [1.82, 2.24) is 10.3 Å². The van der Waals surface area contributed by atoms with Crippen molar-refractivity contribution in [2.24, 2.45) is 0 Å². The van der Waals surface area contributed by atoms with Crippen LogP contribution in [-0.2, 0) is 22.4 Å². The zero-order chi connectivity index (χ0) is 19.5. The van der Waals surface area contributed by atoms with Gasteiger partial charge in [0, 0.05) is 17.1 Å². The quantitative estimate of drug-likeness (QED) is 0.640. The summed E-state index contributed by atoms with van der Waals surface area (Å²) in [5, 5.41) is 3.89. The number of carbonyl (C=O) groups is 2. The standard InChI is InChI=1S/C23H28N2O3/c1-15(22(26)24-16-9-4-2-3-5-10-16)28-23(27)21-17-11-6-7-13-19(17)25-20-14-8-12-18(20)21/h6-7,11,13,15-16H,2-5,8-10,12,14H2,1H3,(H,24,26)/t15-/m1/s1. The van der Waals surface area contributed by atoms with Gasteiger partial charge in [-0.1, -0.05) is 43.9 Å². The highest BCUT2D eigenvalue weighted by Gasteiger charge is 2.28. The fourth-order valence-corrected chi connectivity index (χ4v) is 4.46. The molecule has 28 heavy (non-hydrogen) atoms. The number of rotatable bonds is 4. The van der Waals surface area contributed by atoms with Crippen molar-refractivity contribution < 1.29 is 14.3 Å². The monoisotopic (exact) mass is 380 g/mol. The lowest BCUT2D eigenvalue weighted by Crippen LogP contribution is -2.42. The first-order valence-electron chi connectivity index (χ1n) is 10.6. The van der Waals surface area contributed by atoms with Crippen LogP contribution in [0.5, 0.6) is 0 Å². The largest absolute Gasteiger partial charge is 0.449 e.